The Labute approximate surface area is 129 Å². The third-order valence-electron chi connectivity index (χ3n) is 3.64. The number of thiophene rings is 1. The van der Waals surface area contributed by atoms with E-state index in [4.69, 9.17) is 4.74 Å². The average Bonchev–Trinajstić information content (AvgIpc) is 3.05. The van der Waals surface area contributed by atoms with Crippen molar-refractivity contribution in [1.82, 2.24) is 5.32 Å². The topological polar surface area (TPSA) is 21.3 Å². The number of hydrogen-bond donors (Lipinski definition) is 1. The van der Waals surface area contributed by atoms with Crippen molar-refractivity contribution in [1.29, 1.82) is 0 Å². The van der Waals surface area contributed by atoms with Crippen LogP contribution in [-0.2, 0) is 13.0 Å². The lowest BCUT2D eigenvalue weighted by Gasteiger charge is -2.11. The van der Waals surface area contributed by atoms with Crippen LogP contribution in [-0.4, -0.2) is 13.7 Å². The van der Waals surface area contributed by atoms with Gasteiger partial charge in [0.05, 0.1) is 7.11 Å². The van der Waals surface area contributed by atoms with Crippen molar-refractivity contribution in [2.75, 3.05) is 13.7 Å². The van der Waals surface area contributed by atoms with Gasteiger partial charge in [-0.05, 0) is 34.9 Å². The van der Waals surface area contributed by atoms with Gasteiger partial charge in [0.25, 0.3) is 0 Å². The highest BCUT2D eigenvalue weighted by Gasteiger charge is 2.05. The van der Waals surface area contributed by atoms with E-state index < -0.39 is 0 Å². The number of methoxy groups -OCH3 is 1. The minimum atomic E-state index is 0.885. The van der Waals surface area contributed by atoms with Crippen LogP contribution in [0.3, 0.4) is 0 Å². The molecule has 2 nitrogen and oxygen atoms in total. The van der Waals surface area contributed by atoms with E-state index in [1.54, 1.807) is 7.11 Å². The van der Waals surface area contributed by atoms with Gasteiger partial charge in [0.1, 0.15) is 5.75 Å². The van der Waals surface area contributed by atoms with Crippen molar-refractivity contribution in [3.63, 3.8) is 0 Å². The highest BCUT2D eigenvalue weighted by Crippen LogP contribution is 2.28. The Balaban J connectivity index is 1.69. The predicted molar refractivity (Wildman–Crippen MR) is 90.2 cm³/mol. The van der Waals surface area contributed by atoms with E-state index in [-0.39, 0.29) is 0 Å². The molecule has 0 fully saturated rings. The summed E-state index contributed by atoms with van der Waals surface area (Å²) in [6.45, 7) is 1.89. The molecule has 1 N–H and O–H groups in total. The molecule has 0 radical (unpaired) electrons. The summed E-state index contributed by atoms with van der Waals surface area (Å²) in [4.78, 5) is 1.43. The van der Waals surface area contributed by atoms with E-state index in [1.807, 2.05) is 11.3 Å². The van der Waals surface area contributed by atoms with Crippen molar-refractivity contribution in [3.05, 3.63) is 64.4 Å². The first kappa shape index (κ1) is 14.1. The van der Waals surface area contributed by atoms with Crippen molar-refractivity contribution in [2.24, 2.45) is 0 Å². The number of ether oxygens (including phenoxy) is 1. The second kappa shape index (κ2) is 6.74. The minimum Gasteiger partial charge on any atom is -0.496 e. The summed E-state index contributed by atoms with van der Waals surface area (Å²) in [5.41, 5.74) is 1.32. The molecular weight excluding hydrogens is 278 g/mol. The summed E-state index contributed by atoms with van der Waals surface area (Å²) in [7, 11) is 1.72. The first-order valence-electron chi connectivity index (χ1n) is 7.16. The first-order valence-corrected chi connectivity index (χ1v) is 8.04. The van der Waals surface area contributed by atoms with Gasteiger partial charge in [-0.2, -0.15) is 0 Å². The van der Waals surface area contributed by atoms with Gasteiger partial charge in [-0.1, -0.05) is 36.4 Å². The zero-order chi connectivity index (χ0) is 14.5. The van der Waals surface area contributed by atoms with Crippen LogP contribution in [0.15, 0.2) is 53.9 Å². The first-order chi connectivity index (χ1) is 10.4. The van der Waals surface area contributed by atoms with Crippen LogP contribution in [0.5, 0.6) is 5.75 Å². The largest absolute Gasteiger partial charge is 0.496 e. The third-order valence-corrected chi connectivity index (χ3v) is 4.57. The molecule has 0 aliphatic rings. The van der Waals surface area contributed by atoms with E-state index in [0.29, 0.717) is 0 Å². The molecule has 0 unspecified atom stereocenters. The molecule has 0 spiro atoms. The lowest BCUT2D eigenvalue weighted by molar-refractivity contribution is 0.419. The highest BCUT2D eigenvalue weighted by molar-refractivity contribution is 7.09. The van der Waals surface area contributed by atoms with E-state index in [0.717, 1.165) is 25.3 Å². The molecular formula is C18H19NOS. The van der Waals surface area contributed by atoms with Gasteiger partial charge in [0.2, 0.25) is 0 Å². The molecule has 0 amide bonds. The summed E-state index contributed by atoms with van der Waals surface area (Å²) < 4.78 is 5.44. The maximum atomic E-state index is 5.44. The molecule has 1 aromatic heterocycles. The van der Waals surface area contributed by atoms with Crippen molar-refractivity contribution >= 4 is 22.1 Å². The van der Waals surface area contributed by atoms with Crippen molar-refractivity contribution in [3.8, 4) is 5.75 Å². The third kappa shape index (κ3) is 3.26. The Morgan fingerprint density at radius 3 is 2.62 bits per heavy atom. The Bertz CT molecular complexity index is 706. The molecule has 3 aromatic rings. The highest BCUT2D eigenvalue weighted by atomic mass is 32.1. The summed E-state index contributed by atoms with van der Waals surface area (Å²) in [5.74, 6) is 0.938. The Hall–Kier alpha value is -1.84. The number of hydrogen-bond acceptors (Lipinski definition) is 3. The Morgan fingerprint density at radius 1 is 1.00 bits per heavy atom. The minimum absolute atomic E-state index is 0.885. The lowest BCUT2D eigenvalue weighted by Crippen LogP contribution is -2.16. The number of fused-ring (bicyclic) bond motifs is 1. The summed E-state index contributed by atoms with van der Waals surface area (Å²) in [6, 6.07) is 16.9. The molecule has 0 saturated heterocycles. The van der Waals surface area contributed by atoms with E-state index in [1.165, 1.54) is 21.2 Å². The van der Waals surface area contributed by atoms with Crippen LogP contribution >= 0.6 is 11.3 Å². The fourth-order valence-electron chi connectivity index (χ4n) is 2.56. The molecule has 0 aliphatic carbocycles. The second-order valence-corrected chi connectivity index (χ2v) is 6.01. The monoisotopic (exact) mass is 297 g/mol. The van der Waals surface area contributed by atoms with Crippen LogP contribution in [0.25, 0.3) is 10.8 Å². The van der Waals surface area contributed by atoms with E-state index in [2.05, 4.69) is 59.2 Å². The number of benzene rings is 2. The molecule has 1 heterocycles. The van der Waals surface area contributed by atoms with Gasteiger partial charge in [-0.3, -0.25) is 0 Å². The summed E-state index contributed by atoms with van der Waals surface area (Å²) in [6.07, 6.45) is 1.09. The fraction of sp³-hybridized carbons (Fsp3) is 0.222. The van der Waals surface area contributed by atoms with Crippen molar-refractivity contribution < 1.29 is 4.74 Å². The van der Waals surface area contributed by atoms with Crippen molar-refractivity contribution in [2.45, 2.75) is 13.0 Å². The van der Waals surface area contributed by atoms with Gasteiger partial charge in [0, 0.05) is 23.4 Å². The fourth-order valence-corrected chi connectivity index (χ4v) is 3.26. The molecule has 0 saturated carbocycles. The van der Waals surface area contributed by atoms with Gasteiger partial charge >= 0.3 is 0 Å². The molecule has 0 aliphatic heterocycles. The van der Waals surface area contributed by atoms with Crippen LogP contribution in [0, 0.1) is 0 Å². The second-order valence-electron chi connectivity index (χ2n) is 4.98. The standard InChI is InChI=1S/C18H19NOS/c1-20-18-9-8-14(16-6-2-3-7-17(16)18)13-19-11-10-15-5-4-12-21-15/h2-9,12,19H,10-11,13H2,1H3. The smallest absolute Gasteiger partial charge is 0.126 e. The van der Waals surface area contributed by atoms with Gasteiger partial charge in [-0.25, -0.2) is 0 Å². The van der Waals surface area contributed by atoms with Crippen LogP contribution in [0.2, 0.25) is 0 Å². The maximum absolute atomic E-state index is 5.44. The lowest BCUT2D eigenvalue weighted by atomic mass is 10.0. The number of nitrogens with one attached hydrogen (secondary N) is 1. The zero-order valence-electron chi connectivity index (χ0n) is 12.1. The SMILES string of the molecule is COc1ccc(CNCCc2cccs2)c2ccccc12. The Morgan fingerprint density at radius 2 is 1.86 bits per heavy atom. The zero-order valence-corrected chi connectivity index (χ0v) is 13.0. The molecule has 3 heteroatoms. The molecule has 21 heavy (non-hydrogen) atoms. The quantitative estimate of drug-likeness (QED) is 0.687. The van der Waals surface area contributed by atoms with Gasteiger partial charge in [0.15, 0.2) is 0 Å². The van der Waals surface area contributed by atoms with Crippen LogP contribution < -0.4 is 10.1 Å². The summed E-state index contributed by atoms with van der Waals surface area (Å²) >= 11 is 1.82. The molecule has 3 rings (SSSR count). The van der Waals surface area contributed by atoms with Crippen LogP contribution in [0.1, 0.15) is 10.4 Å². The predicted octanol–water partition coefficient (Wildman–Crippen LogP) is 4.24. The van der Waals surface area contributed by atoms with E-state index in [9.17, 15) is 0 Å². The average molecular weight is 297 g/mol. The number of rotatable bonds is 6. The van der Waals surface area contributed by atoms with Gasteiger partial charge in [-0.15, -0.1) is 11.3 Å². The molecule has 0 bridgehead atoms. The molecule has 0 atom stereocenters. The maximum Gasteiger partial charge on any atom is 0.126 e. The van der Waals surface area contributed by atoms with E-state index >= 15 is 0 Å². The normalized spacial score (nSPS) is 10.9. The Kier molecular flexibility index (Phi) is 4.53. The summed E-state index contributed by atoms with van der Waals surface area (Å²) in [5, 5.41) is 8.11. The molecule has 108 valence electrons. The molecule has 2 aromatic carbocycles. The van der Waals surface area contributed by atoms with Crippen LogP contribution in [0.4, 0.5) is 0 Å². The van der Waals surface area contributed by atoms with Gasteiger partial charge < -0.3 is 10.1 Å².